The van der Waals surface area contributed by atoms with Crippen LogP contribution < -0.4 is 24.4 Å². The highest BCUT2D eigenvalue weighted by Gasteiger charge is 2.14. The number of ether oxygens (including phenoxy) is 4. The summed E-state index contributed by atoms with van der Waals surface area (Å²) >= 11 is 6.63. The highest BCUT2D eigenvalue weighted by atomic mass is 35.5. The molecule has 0 saturated carbocycles. The van der Waals surface area contributed by atoms with Gasteiger partial charge in [-0.1, -0.05) is 73.5 Å². The standard InChI is InChI=1S/C36H39ClN2O5/c1-4-7-11-26-14-17-30(18-15-26)36(40)39-38-23-29-20-31(37)35(34(22-29)42-6-3)44-25-28-16-19-32(33(21-28)41-5-2)43-24-27-12-9-8-10-13-27/h8-10,12-23H,4-7,11,24-25H2,1-3H3,(H,39,40)/b38-23+. The third-order valence-electron chi connectivity index (χ3n) is 6.67. The van der Waals surface area contributed by atoms with E-state index in [9.17, 15) is 4.79 Å². The number of benzene rings is 4. The summed E-state index contributed by atoms with van der Waals surface area (Å²) in [7, 11) is 0. The van der Waals surface area contributed by atoms with Crippen molar-refractivity contribution in [2.45, 2.75) is 53.2 Å². The largest absolute Gasteiger partial charge is 0.490 e. The van der Waals surface area contributed by atoms with Crippen molar-refractivity contribution in [3.63, 3.8) is 0 Å². The quantitative estimate of drug-likeness (QED) is 0.101. The average Bonchev–Trinajstić information content (AvgIpc) is 3.04. The summed E-state index contributed by atoms with van der Waals surface area (Å²) in [5.41, 5.74) is 6.94. The molecule has 0 aliphatic rings. The van der Waals surface area contributed by atoms with Gasteiger partial charge in [0.1, 0.15) is 13.2 Å². The summed E-state index contributed by atoms with van der Waals surface area (Å²) < 4.78 is 23.8. The minimum absolute atomic E-state index is 0.236. The van der Waals surface area contributed by atoms with Gasteiger partial charge in [-0.3, -0.25) is 4.79 Å². The third-order valence-corrected chi connectivity index (χ3v) is 6.96. The van der Waals surface area contributed by atoms with Crippen molar-refractivity contribution in [2.24, 2.45) is 5.10 Å². The summed E-state index contributed by atoms with van der Waals surface area (Å²) in [5.74, 6) is 1.90. The van der Waals surface area contributed by atoms with Crippen LogP contribution in [0.5, 0.6) is 23.0 Å². The van der Waals surface area contributed by atoms with Crippen LogP contribution in [0, 0.1) is 0 Å². The van der Waals surface area contributed by atoms with E-state index in [0.717, 1.165) is 30.4 Å². The van der Waals surface area contributed by atoms with Crippen LogP contribution in [0.4, 0.5) is 0 Å². The van der Waals surface area contributed by atoms with Crippen LogP contribution >= 0.6 is 11.6 Å². The minimum Gasteiger partial charge on any atom is -0.490 e. The molecule has 0 fully saturated rings. The Labute approximate surface area is 264 Å². The van der Waals surface area contributed by atoms with Gasteiger partial charge in [-0.25, -0.2) is 5.43 Å². The Morgan fingerprint density at radius 1 is 0.750 bits per heavy atom. The van der Waals surface area contributed by atoms with Crippen LogP contribution in [-0.4, -0.2) is 25.3 Å². The maximum Gasteiger partial charge on any atom is 0.271 e. The Hall–Kier alpha value is -4.49. The molecule has 0 atom stereocenters. The minimum atomic E-state index is -0.290. The Balaban J connectivity index is 1.40. The number of amides is 1. The number of hydrogen-bond acceptors (Lipinski definition) is 6. The summed E-state index contributed by atoms with van der Waals surface area (Å²) in [6.45, 7) is 7.57. The Morgan fingerprint density at radius 3 is 2.18 bits per heavy atom. The van der Waals surface area contributed by atoms with Crippen molar-refractivity contribution in [3.8, 4) is 23.0 Å². The highest BCUT2D eigenvalue weighted by Crippen LogP contribution is 2.37. The van der Waals surface area contributed by atoms with Crippen molar-refractivity contribution in [1.82, 2.24) is 5.43 Å². The normalized spacial score (nSPS) is 10.9. The predicted octanol–water partition coefficient (Wildman–Crippen LogP) is 8.40. The molecule has 0 bridgehead atoms. The first-order chi connectivity index (χ1) is 21.5. The number of nitrogens with one attached hydrogen (secondary N) is 1. The van der Waals surface area contributed by atoms with Gasteiger partial charge in [0.05, 0.1) is 24.5 Å². The molecular formula is C36H39ClN2O5. The fourth-order valence-corrected chi connectivity index (χ4v) is 4.69. The van der Waals surface area contributed by atoms with Gasteiger partial charge in [0.25, 0.3) is 5.91 Å². The van der Waals surface area contributed by atoms with E-state index in [1.165, 1.54) is 11.8 Å². The molecule has 0 saturated heterocycles. The molecule has 0 radical (unpaired) electrons. The van der Waals surface area contributed by atoms with Crippen LogP contribution in [0.15, 0.2) is 90.0 Å². The topological polar surface area (TPSA) is 78.4 Å². The van der Waals surface area contributed by atoms with Crippen LogP contribution in [-0.2, 0) is 19.6 Å². The first-order valence-corrected chi connectivity index (χ1v) is 15.3. The van der Waals surface area contributed by atoms with Gasteiger partial charge in [-0.15, -0.1) is 0 Å². The van der Waals surface area contributed by atoms with Gasteiger partial charge in [0.2, 0.25) is 0 Å². The number of halogens is 1. The van der Waals surface area contributed by atoms with Crippen LogP contribution in [0.1, 0.15) is 66.2 Å². The fraction of sp³-hybridized carbons (Fsp3) is 0.278. The maximum absolute atomic E-state index is 12.5. The van der Waals surface area contributed by atoms with Gasteiger partial charge < -0.3 is 18.9 Å². The number of carbonyl (C=O) groups is 1. The van der Waals surface area contributed by atoms with Crippen LogP contribution in [0.3, 0.4) is 0 Å². The predicted molar refractivity (Wildman–Crippen MR) is 175 cm³/mol. The molecule has 230 valence electrons. The van der Waals surface area contributed by atoms with Crippen LogP contribution in [0.2, 0.25) is 5.02 Å². The third kappa shape index (κ3) is 9.51. The molecule has 4 aromatic rings. The molecule has 0 aromatic heterocycles. The molecule has 8 heteroatoms. The summed E-state index contributed by atoms with van der Waals surface area (Å²) in [4.78, 5) is 12.5. The van der Waals surface area contributed by atoms with E-state index in [-0.39, 0.29) is 12.5 Å². The van der Waals surface area contributed by atoms with Gasteiger partial charge in [-0.05, 0) is 85.3 Å². The van der Waals surface area contributed by atoms with E-state index in [0.29, 0.717) is 59.0 Å². The molecule has 0 unspecified atom stereocenters. The number of hydrazone groups is 1. The molecule has 0 spiro atoms. The Morgan fingerprint density at radius 2 is 1.45 bits per heavy atom. The molecule has 4 aromatic carbocycles. The zero-order chi connectivity index (χ0) is 31.1. The number of rotatable bonds is 16. The van der Waals surface area contributed by atoms with E-state index in [1.807, 2.05) is 86.6 Å². The Bertz CT molecular complexity index is 1520. The molecule has 0 aliphatic carbocycles. The van der Waals surface area contributed by atoms with Gasteiger partial charge in [0, 0.05) is 5.56 Å². The van der Waals surface area contributed by atoms with E-state index < -0.39 is 0 Å². The number of hydrogen-bond donors (Lipinski definition) is 1. The summed E-state index contributed by atoms with van der Waals surface area (Å²) in [6, 6.07) is 26.8. The second-order valence-electron chi connectivity index (χ2n) is 10.0. The number of unbranched alkanes of at least 4 members (excludes halogenated alkanes) is 1. The molecule has 44 heavy (non-hydrogen) atoms. The molecule has 7 nitrogen and oxygen atoms in total. The van der Waals surface area contributed by atoms with Crippen molar-refractivity contribution in [2.75, 3.05) is 13.2 Å². The van der Waals surface area contributed by atoms with E-state index in [4.69, 9.17) is 30.5 Å². The van der Waals surface area contributed by atoms with E-state index in [1.54, 1.807) is 12.1 Å². The van der Waals surface area contributed by atoms with Crippen molar-refractivity contribution in [1.29, 1.82) is 0 Å². The van der Waals surface area contributed by atoms with Gasteiger partial charge >= 0.3 is 0 Å². The van der Waals surface area contributed by atoms with Gasteiger partial charge in [0.15, 0.2) is 23.0 Å². The second-order valence-corrected chi connectivity index (χ2v) is 10.4. The average molecular weight is 615 g/mol. The zero-order valence-electron chi connectivity index (χ0n) is 25.5. The monoisotopic (exact) mass is 614 g/mol. The van der Waals surface area contributed by atoms with Crippen molar-refractivity contribution >= 4 is 23.7 Å². The van der Waals surface area contributed by atoms with E-state index >= 15 is 0 Å². The van der Waals surface area contributed by atoms with E-state index in [2.05, 4.69) is 17.5 Å². The smallest absolute Gasteiger partial charge is 0.271 e. The maximum atomic E-state index is 12.5. The van der Waals surface area contributed by atoms with Crippen molar-refractivity contribution in [3.05, 3.63) is 118 Å². The molecule has 0 heterocycles. The molecule has 1 N–H and O–H groups in total. The Kier molecular flexibility index (Phi) is 12.5. The summed E-state index contributed by atoms with van der Waals surface area (Å²) in [6.07, 6.45) is 4.78. The molecule has 4 rings (SSSR count). The zero-order valence-corrected chi connectivity index (χ0v) is 26.2. The lowest BCUT2D eigenvalue weighted by Crippen LogP contribution is -2.17. The molecule has 1 amide bonds. The number of aryl methyl sites for hydroxylation is 1. The fourth-order valence-electron chi connectivity index (χ4n) is 4.42. The highest BCUT2D eigenvalue weighted by molar-refractivity contribution is 6.32. The summed E-state index contributed by atoms with van der Waals surface area (Å²) in [5, 5.41) is 4.48. The number of nitrogens with zero attached hydrogens (tertiary/aromatic N) is 1. The molecular weight excluding hydrogens is 576 g/mol. The SMILES string of the molecule is CCCCc1ccc(C(=O)N/N=C/c2cc(Cl)c(OCc3ccc(OCc4ccccc4)c(OCC)c3)c(OCC)c2)cc1. The first-order valence-electron chi connectivity index (χ1n) is 14.9. The lowest BCUT2D eigenvalue weighted by atomic mass is 10.1. The second kappa shape index (κ2) is 17.0. The lowest BCUT2D eigenvalue weighted by molar-refractivity contribution is 0.0955. The van der Waals surface area contributed by atoms with Gasteiger partial charge in [-0.2, -0.15) is 5.10 Å². The van der Waals surface area contributed by atoms with Crippen molar-refractivity contribution < 1.29 is 23.7 Å². The molecule has 0 aliphatic heterocycles. The number of carbonyl (C=O) groups excluding carboxylic acids is 1. The van der Waals surface area contributed by atoms with Crippen LogP contribution in [0.25, 0.3) is 0 Å². The lowest BCUT2D eigenvalue weighted by Gasteiger charge is -2.16. The first kappa shape index (κ1) is 32.4.